The van der Waals surface area contributed by atoms with Crippen molar-refractivity contribution in [3.63, 3.8) is 0 Å². The summed E-state index contributed by atoms with van der Waals surface area (Å²) in [6.45, 7) is 0.222. The average Bonchev–Trinajstić information content (AvgIpc) is 3.01. The van der Waals surface area contributed by atoms with Crippen molar-refractivity contribution >= 4 is 6.03 Å². The van der Waals surface area contributed by atoms with Gasteiger partial charge in [-0.25, -0.2) is 4.79 Å². The fourth-order valence-electron chi connectivity index (χ4n) is 1.88. The highest BCUT2D eigenvalue weighted by Crippen LogP contribution is 2.31. The van der Waals surface area contributed by atoms with Crippen LogP contribution in [0.2, 0.25) is 0 Å². The second kappa shape index (κ2) is 6.79. The molecule has 0 aliphatic heterocycles. The minimum absolute atomic E-state index is 0.222. The van der Waals surface area contributed by atoms with Gasteiger partial charge in [0.05, 0.1) is 14.2 Å². The maximum atomic E-state index is 11.4. The van der Waals surface area contributed by atoms with E-state index < -0.39 is 0 Å². The Morgan fingerprint density at radius 2 is 2.05 bits per heavy atom. The Hall–Kier alpha value is -2.77. The Kier molecular flexibility index (Phi) is 4.82. The van der Waals surface area contributed by atoms with Crippen LogP contribution in [0.4, 0.5) is 4.79 Å². The molecule has 2 rings (SSSR count). The summed E-state index contributed by atoms with van der Waals surface area (Å²) in [5.41, 5.74) is 0.732. The predicted octanol–water partition coefficient (Wildman–Crippen LogP) is 1.52. The number of urea groups is 1. The van der Waals surface area contributed by atoms with Crippen LogP contribution in [0.15, 0.2) is 22.7 Å². The number of hydrogen-bond donors (Lipinski definition) is 1. The van der Waals surface area contributed by atoms with Crippen LogP contribution in [0, 0.1) is 0 Å². The molecule has 0 spiro atoms. The molecule has 2 amide bonds. The van der Waals surface area contributed by atoms with Crippen LogP contribution < -0.4 is 14.8 Å². The highest BCUT2D eigenvalue weighted by molar-refractivity contribution is 5.73. The molecule has 0 aliphatic carbocycles. The van der Waals surface area contributed by atoms with Crippen molar-refractivity contribution in [2.75, 3.05) is 28.3 Å². The van der Waals surface area contributed by atoms with Gasteiger partial charge >= 0.3 is 6.03 Å². The molecule has 1 aromatic heterocycles. The van der Waals surface area contributed by atoms with Gasteiger partial charge < -0.3 is 24.2 Å². The Morgan fingerprint density at radius 1 is 1.32 bits per heavy atom. The summed E-state index contributed by atoms with van der Waals surface area (Å²) in [5.74, 6) is 1.96. The maximum absolute atomic E-state index is 11.4. The van der Waals surface area contributed by atoms with Crippen molar-refractivity contribution in [2.45, 2.75) is 6.54 Å². The van der Waals surface area contributed by atoms with Gasteiger partial charge in [-0.15, -0.1) is 0 Å². The number of carbonyl (C=O) groups excluding carboxylic acids is 1. The predicted molar refractivity (Wildman–Crippen MR) is 78.8 cm³/mol. The molecule has 1 heterocycles. The van der Waals surface area contributed by atoms with Crippen molar-refractivity contribution in [1.29, 1.82) is 0 Å². The number of hydrogen-bond acceptors (Lipinski definition) is 6. The highest BCUT2D eigenvalue weighted by Gasteiger charge is 2.15. The normalized spacial score (nSPS) is 10.2. The number of carbonyl (C=O) groups is 1. The topological polar surface area (TPSA) is 89.7 Å². The molecule has 0 unspecified atom stereocenters. The van der Waals surface area contributed by atoms with Crippen molar-refractivity contribution in [3.05, 3.63) is 24.1 Å². The zero-order chi connectivity index (χ0) is 16.1. The van der Waals surface area contributed by atoms with Gasteiger partial charge in [0.1, 0.15) is 6.54 Å². The van der Waals surface area contributed by atoms with E-state index in [0.29, 0.717) is 23.2 Å². The van der Waals surface area contributed by atoms with Crippen molar-refractivity contribution in [2.24, 2.45) is 0 Å². The van der Waals surface area contributed by atoms with Gasteiger partial charge in [0.25, 0.3) is 0 Å². The minimum atomic E-state index is -0.231. The summed E-state index contributed by atoms with van der Waals surface area (Å²) in [6.07, 6.45) is 0. The average molecular weight is 306 g/mol. The first-order valence-corrected chi connectivity index (χ1v) is 6.57. The molecular formula is C14H18N4O4. The molecule has 0 atom stereocenters. The van der Waals surface area contributed by atoms with E-state index >= 15 is 0 Å². The third kappa shape index (κ3) is 3.27. The SMILES string of the molecule is CNC(=O)N(C)Cc1nc(-c2ccc(OC)c(OC)c2)no1. The zero-order valence-corrected chi connectivity index (χ0v) is 12.9. The summed E-state index contributed by atoms with van der Waals surface area (Å²) in [7, 11) is 6.32. The zero-order valence-electron chi connectivity index (χ0n) is 12.9. The fraction of sp³-hybridized carbons (Fsp3) is 0.357. The molecule has 8 heteroatoms. The Bertz CT molecular complexity index is 656. The number of methoxy groups -OCH3 is 2. The van der Waals surface area contributed by atoms with Crippen LogP contribution in [0.1, 0.15) is 5.89 Å². The lowest BCUT2D eigenvalue weighted by atomic mass is 10.2. The molecule has 1 aromatic carbocycles. The van der Waals surface area contributed by atoms with E-state index in [-0.39, 0.29) is 12.6 Å². The lowest BCUT2D eigenvalue weighted by Gasteiger charge is -2.13. The molecule has 118 valence electrons. The summed E-state index contributed by atoms with van der Waals surface area (Å²) in [5, 5.41) is 6.43. The van der Waals surface area contributed by atoms with Gasteiger partial charge in [-0.05, 0) is 18.2 Å². The van der Waals surface area contributed by atoms with Gasteiger partial charge in [-0.1, -0.05) is 5.16 Å². The number of ether oxygens (including phenoxy) is 2. The molecule has 0 bridgehead atoms. The van der Waals surface area contributed by atoms with Gasteiger partial charge in [-0.2, -0.15) is 4.98 Å². The molecule has 0 saturated heterocycles. The van der Waals surface area contributed by atoms with Crippen LogP contribution in [-0.2, 0) is 6.54 Å². The number of rotatable bonds is 5. The van der Waals surface area contributed by atoms with Gasteiger partial charge in [0.2, 0.25) is 11.7 Å². The number of nitrogens with one attached hydrogen (secondary N) is 1. The standard InChI is InChI=1S/C14H18N4O4/c1-15-14(19)18(2)8-12-16-13(17-22-12)9-5-6-10(20-3)11(7-9)21-4/h5-7H,8H2,1-4H3,(H,15,19). The molecule has 1 N–H and O–H groups in total. The first kappa shape index (κ1) is 15.6. The molecule has 0 fully saturated rings. The molecule has 0 aliphatic rings. The van der Waals surface area contributed by atoms with E-state index in [1.54, 1.807) is 46.5 Å². The quantitative estimate of drug-likeness (QED) is 0.901. The second-order valence-corrected chi connectivity index (χ2v) is 4.49. The Balaban J connectivity index is 2.19. The van der Waals surface area contributed by atoms with Crippen LogP contribution in [0.3, 0.4) is 0 Å². The van der Waals surface area contributed by atoms with Crippen LogP contribution >= 0.6 is 0 Å². The van der Waals surface area contributed by atoms with E-state index in [1.165, 1.54) is 4.90 Å². The lowest BCUT2D eigenvalue weighted by Crippen LogP contribution is -2.34. The third-order valence-electron chi connectivity index (χ3n) is 3.04. The summed E-state index contributed by atoms with van der Waals surface area (Å²) < 4.78 is 15.6. The fourth-order valence-corrected chi connectivity index (χ4v) is 1.88. The molecule has 0 radical (unpaired) electrons. The van der Waals surface area contributed by atoms with E-state index in [9.17, 15) is 4.79 Å². The molecule has 0 saturated carbocycles. The summed E-state index contributed by atoms with van der Waals surface area (Å²) in [6, 6.07) is 5.10. The molecule has 8 nitrogen and oxygen atoms in total. The number of nitrogens with zero attached hydrogens (tertiary/aromatic N) is 3. The highest BCUT2D eigenvalue weighted by atomic mass is 16.5. The number of benzene rings is 1. The smallest absolute Gasteiger partial charge is 0.317 e. The Labute approximate surface area is 128 Å². The van der Waals surface area contributed by atoms with Crippen LogP contribution in [0.5, 0.6) is 11.5 Å². The van der Waals surface area contributed by atoms with E-state index in [1.807, 2.05) is 0 Å². The molecule has 22 heavy (non-hydrogen) atoms. The van der Waals surface area contributed by atoms with E-state index in [2.05, 4.69) is 15.5 Å². The third-order valence-corrected chi connectivity index (χ3v) is 3.04. The molecule has 2 aromatic rings. The molecular weight excluding hydrogens is 288 g/mol. The van der Waals surface area contributed by atoms with Crippen molar-refractivity contribution in [3.8, 4) is 22.9 Å². The second-order valence-electron chi connectivity index (χ2n) is 4.49. The summed E-state index contributed by atoms with van der Waals surface area (Å²) >= 11 is 0. The Morgan fingerprint density at radius 3 is 2.68 bits per heavy atom. The number of amides is 2. The monoisotopic (exact) mass is 306 g/mol. The van der Waals surface area contributed by atoms with Crippen molar-refractivity contribution in [1.82, 2.24) is 20.4 Å². The van der Waals surface area contributed by atoms with Crippen LogP contribution in [-0.4, -0.2) is 49.4 Å². The van der Waals surface area contributed by atoms with Gasteiger partial charge in [-0.3, -0.25) is 0 Å². The lowest BCUT2D eigenvalue weighted by molar-refractivity contribution is 0.202. The summed E-state index contributed by atoms with van der Waals surface area (Å²) in [4.78, 5) is 17.2. The first-order valence-electron chi connectivity index (χ1n) is 6.57. The first-order chi connectivity index (χ1) is 10.6. The largest absolute Gasteiger partial charge is 0.493 e. The van der Waals surface area contributed by atoms with Gasteiger partial charge in [0, 0.05) is 19.7 Å². The van der Waals surface area contributed by atoms with Crippen LogP contribution in [0.25, 0.3) is 11.4 Å². The maximum Gasteiger partial charge on any atom is 0.317 e. The minimum Gasteiger partial charge on any atom is -0.493 e. The van der Waals surface area contributed by atoms with E-state index in [0.717, 1.165) is 5.56 Å². The van der Waals surface area contributed by atoms with Crippen molar-refractivity contribution < 1.29 is 18.8 Å². The van der Waals surface area contributed by atoms with E-state index in [4.69, 9.17) is 14.0 Å². The van der Waals surface area contributed by atoms with Gasteiger partial charge in [0.15, 0.2) is 11.5 Å². The number of aromatic nitrogens is 2.